The topological polar surface area (TPSA) is 21.3 Å². The quantitative estimate of drug-likeness (QED) is 0.172. The van der Waals surface area contributed by atoms with Gasteiger partial charge in [-0.05, 0) is 93.7 Å². The van der Waals surface area contributed by atoms with Crippen LogP contribution in [0.3, 0.4) is 0 Å². The van der Waals surface area contributed by atoms with Crippen LogP contribution in [-0.2, 0) is 0 Å². The zero-order valence-electron chi connectivity index (χ0n) is 29.9. The van der Waals surface area contributed by atoms with Crippen molar-refractivity contribution in [2.45, 2.75) is 0 Å². The molecule has 0 aliphatic carbocycles. The molecular formula is C52H34N2O. The van der Waals surface area contributed by atoms with Crippen LogP contribution >= 0.6 is 0 Å². The van der Waals surface area contributed by atoms with Crippen molar-refractivity contribution in [2.24, 2.45) is 0 Å². The van der Waals surface area contributed by atoms with Gasteiger partial charge in [-0.1, -0.05) is 140 Å². The first-order valence-electron chi connectivity index (χ1n) is 18.8. The number of hydrogen-bond acceptors (Lipinski definition) is 2. The maximum absolute atomic E-state index is 6.43. The summed E-state index contributed by atoms with van der Waals surface area (Å²) in [6.07, 6.45) is 0. The highest BCUT2D eigenvalue weighted by Gasteiger charge is 2.19. The van der Waals surface area contributed by atoms with Crippen LogP contribution in [0.2, 0.25) is 0 Å². The molecule has 9 aromatic carbocycles. The highest BCUT2D eigenvalue weighted by atomic mass is 16.3. The lowest BCUT2D eigenvalue weighted by molar-refractivity contribution is 0.669. The van der Waals surface area contributed by atoms with Gasteiger partial charge in [0, 0.05) is 50.4 Å². The van der Waals surface area contributed by atoms with E-state index in [1.165, 1.54) is 54.8 Å². The average Bonchev–Trinajstić information content (AvgIpc) is 3.80. The molecule has 0 unspecified atom stereocenters. The van der Waals surface area contributed by atoms with Crippen molar-refractivity contribution in [3.63, 3.8) is 0 Å². The summed E-state index contributed by atoms with van der Waals surface area (Å²) in [6, 6.07) is 73.9. The number of aromatic nitrogens is 1. The van der Waals surface area contributed by atoms with Crippen LogP contribution in [0, 0.1) is 0 Å². The monoisotopic (exact) mass is 702 g/mol. The molecule has 258 valence electrons. The molecule has 2 aromatic heterocycles. The van der Waals surface area contributed by atoms with Gasteiger partial charge in [0.1, 0.15) is 11.2 Å². The molecule has 3 heteroatoms. The molecule has 0 N–H and O–H groups in total. The van der Waals surface area contributed by atoms with Gasteiger partial charge in [-0.3, -0.25) is 0 Å². The summed E-state index contributed by atoms with van der Waals surface area (Å²) in [4.78, 5) is 2.34. The van der Waals surface area contributed by atoms with Crippen LogP contribution in [0.4, 0.5) is 17.1 Å². The first-order chi connectivity index (χ1) is 27.3. The van der Waals surface area contributed by atoms with Gasteiger partial charge in [0.25, 0.3) is 0 Å². The van der Waals surface area contributed by atoms with E-state index in [4.69, 9.17) is 4.42 Å². The third-order valence-corrected chi connectivity index (χ3v) is 11.0. The number of hydrogen-bond donors (Lipinski definition) is 0. The van der Waals surface area contributed by atoms with Gasteiger partial charge < -0.3 is 13.9 Å². The minimum Gasteiger partial charge on any atom is -0.456 e. The molecule has 11 aromatic rings. The van der Waals surface area contributed by atoms with Crippen molar-refractivity contribution >= 4 is 71.6 Å². The second-order valence-corrected chi connectivity index (χ2v) is 14.1. The average molecular weight is 703 g/mol. The number of nitrogens with zero attached hydrogens (tertiary/aromatic N) is 2. The molecule has 2 heterocycles. The maximum atomic E-state index is 6.43. The van der Waals surface area contributed by atoms with Gasteiger partial charge in [-0.2, -0.15) is 0 Å². The summed E-state index contributed by atoms with van der Waals surface area (Å²) in [7, 11) is 0. The summed E-state index contributed by atoms with van der Waals surface area (Å²) in [5, 5.41) is 7.21. The molecule has 0 fully saturated rings. The Morgan fingerprint density at radius 3 is 1.65 bits per heavy atom. The summed E-state index contributed by atoms with van der Waals surface area (Å²) in [6.45, 7) is 0. The Morgan fingerprint density at radius 2 is 0.927 bits per heavy atom. The van der Waals surface area contributed by atoms with Crippen LogP contribution in [-0.4, -0.2) is 4.57 Å². The van der Waals surface area contributed by atoms with Gasteiger partial charge in [0.2, 0.25) is 0 Å². The van der Waals surface area contributed by atoms with Crippen LogP contribution in [0.5, 0.6) is 0 Å². The number of anilines is 3. The molecule has 0 saturated heterocycles. The van der Waals surface area contributed by atoms with Crippen molar-refractivity contribution in [1.82, 2.24) is 4.57 Å². The van der Waals surface area contributed by atoms with E-state index in [9.17, 15) is 0 Å². The Bertz CT molecular complexity index is 3150. The molecule has 0 spiro atoms. The van der Waals surface area contributed by atoms with Crippen LogP contribution in [0.25, 0.3) is 82.5 Å². The van der Waals surface area contributed by atoms with E-state index in [0.717, 1.165) is 44.7 Å². The molecule has 0 saturated carbocycles. The Hall–Kier alpha value is -7.36. The Kier molecular flexibility index (Phi) is 7.17. The lowest BCUT2D eigenvalue weighted by Gasteiger charge is -2.26. The van der Waals surface area contributed by atoms with Crippen molar-refractivity contribution in [3.8, 4) is 27.9 Å². The predicted molar refractivity (Wildman–Crippen MR) is 231 cm³/mol. The lowest BCUT2D eigenvalue weighted by atomic mass is 9.91. The summed E-state index contributed by atoms with van der Waals surface area (Å²) >= 11 is 0. The number of benzene rings is 9. The van der Waals surface area contributed by atoms with E-state index in [1.807, 2.05) is 12.1 Å². The standard InChI is InChI=1S/C52H34N2O/c1-2-13-35(14-3-1)42-22-10-15-37-16-11-23-43(52(37)42)36-27-29-38(30-28-36)53(41-31-32-47-46-21-6-9-26-50(46)55-51(47)34-41)39-17-12-18-40(33-39)54-48-24-7-4-19-44(48)45-20-5-8-25-49(45)54/h1-34H. The minimum absolute atomic E-state index is 0.864. The number of fused-ring (bicyclic) bond motifs is 7. The number of rotatable bonds is 6. The fraction of sp³-hybridized carbons (Fsp3) is 0. The lowest BCUT2D eigenvalue weighted by Crippen LogP contribution is -2.10. The normalized spacial score (nSPS) is 11.6. The van der Waals surface area contributed by atoms with Crippen molar-refractivity contribution < 1.29 is 4.42 Å². The van der Waals surface area contributed by atoms with E-state index >= 15 is 0 Å². The second kappa shape index (κ2) is 12.6. The van der Waals surface area contributed by atoms with Crippen molar-refractivity contribution in [1.29, 1.82) is 0 Å². The molecule has 0 aliphatic heterocycles. The van der Waals surface area contributed by atoms with Crippen molar-refractivity contribution in [2.75, 3.05) is 4.90 Å². The fourth-order valence-corrected chi connectivity index (χ4v) is 8.50. The first kappa shape index (κ1) is 31.2. The minimum atomic E-state index is 0.864. The Morgan fingerprint density at radius 1 is 0.364 bits per heavy atom. The largest absolute Gasteiger partial charge is 0.456 e. The smallest absolute Gasteiger partial charge is 0.137 e. The van der Waals surface area contributed by atoms with Gasteiger partial charge in [-0.15, -0.1) is 0 Å². The molecule has 55 heavy (non-hydrogen) atoms. The third-order valence-electron chi connectivity index (χ3n) is 11.0. The molecule has 0 radical (unpaired) electrons. The Balaban J connectivity index is 1.08. The highest BCUT2D eigenvalue weighted by molar-refractivity contribution is 6.10. The molecular weight excluding hydrogens is 669 g/mol. The summed E-state index contributed by atoms with van der Waals surface area (Å²) < 4.78 is 8.81. The van der Waals surface area contributed by atoms with E-state index in [-0.39, 0.29) is 0 Å². The van der Waals surface area contributed by atoms with Crippen LogP contribution in [0.15, 0.2) is 211 Å². The highest BCUT2D eigenvalue weighted by Crippen LogP contribution is 2.42. The van der Waals surface area contributed by atoms with E-state index in [0.29, 0.717) is 0 Å². The molecule has 0 bridgehead atoms. The molecule has 0 atom stereocenters. The maximum Gasteiger partial charge on any atom is 0.137 e. The molecule has 11 rings (SSSR count). The van der Waals surface area contributed by atoms with Gasteiger partial charge >= 0.3 is 0 Å². The van der Waals surface area contributed by atoms with Gasteiger partial charge in [-0.25, -0.2) is 0 Å². The zero-order chi connectivity index (χ0) is 36.3. The molecule has 3 nitrogen and oxygen atoms in total. The fourth-order valence-electron chi connectivity index (χ4n) is 8.50. The van der Waals surface area contributed by atoms with Gasteiger partial charge in [0.15, 0.2) is 0 Å². The van der Waals surface area contributed by atoms with Crippen LogP contribution in [0.1, 0.15) is 0 Å². The van der Waals surface area contributed by atoms with Crippen LogP contribution < -0.4 is 4.90 Å². The van der Waals surface area contributed by atoms with Gasteiger partial charge in [0.05, 0.1) is 11.0 Å². The van der Waals surface area contributed by atoms with E-state index < -0.39 is 0 Å². The van der Waals surface area contributed by atoms with E-state index in [1.54, 1.807) is 0 Å². The second-order valence-electron chi connectivity index (χ2n) is 14.1. The number of furan rings is 1. The first-order valence-corrected chi connectivity index (χ1v) is 18.8. The molecule has 0 aliphatic rings. The van der Waals surface area contributed by atoms with Crippen molar-refractivity contribution in [3.05, 3.63) is 206 Å². The Labute approximate surface area is 318 Å². The summed E-state index contributed by atoms with van der Waals surface area (Å²) in [5.41, 5.74) is 13.2. The number of para-hydroxylation sites is 3. The summed E-state index contributed by atoms with van der Waals surface area (Å²) in [5.74, 6) is 0. The zero-order valence-corrected chi connectivity index (χ0v) is 29.9. The molecule has 0 amide bonds. The third kappa shape index (κ3) is 5.13. The predicted octanol–water partition coefficient (Wildman–Crippen LogP) is 14.6. The SMILES string of the molecule is c1ccc(-c2cccc3cccc(-c4ccc(N(c5cccc(-n6c7ccccc7c7ccccc76)c5)c5ccc6c(c5)oc5ccccc56)cc4)c23)cc1. The van der Waals surface area contributed by atoms with E-state index in [2.05, 4.69) is 204 Å².